The van der Waals surface area contributed by atoms with Gasteiger partial charge in [0.1, 0.15) is 16.9 Å². The van der Waals surface area contributed by atoms with E-state index < -0.39 is 5.63 Å². The Morgan fingerprint density at radius 3 is 2.88 bits per heavy atom. The Labute approximate surface area is 91.9 Å². The van der Waals surface area contributed by atoms with E-state index in [0.717, 1.165) is 5.56 Å². The van der Waals surface area contributed by atoms with Crippen LogP contribution in [0.2, 0.25) is 0 Å². The van der Waals surface area contributed by atoms with Crippen LogP contribution in [0.3, 0.4) is 0 Å². The van der Waals surface area contributed by atoms with Gasteiger partial charge in [-0.05, 0) is 19.1 Å². The second-order valence-corrected chi connectivity index (χ2v) is 3.54. The maximum absolute atomic E-state index is 11.5. The van der Waals surface area contributed by atoms with Crippen molar-refractivity contribution in [2.45, 2.75) is 6.92 Å². The third-order valence-corrected chi connectivity index (χ3v) is 2.33. The molecule has 0 amide bonds. The van der Waals surface area contributed by atoms with Crippen LogP contribution in [-0.2, 0) is 0 Å². The van der Waals surface area contributed by atoms with Crippen molar-refractivity contribution in [2.75, 3.05) is 7.05 Å². The molecule has 1 aromatic carbocycles. The third kappa shape index (κ3) is 1.58. The number of fused-ring (bicyclic) bond motifs is 1. The molecule has 82 valence electrons. The summed E-state index contributed by atoms with van der Waals surface area (Å²) >= 11 is 0. The number of hydrogen-bond acceptors (Lipinski definition) is 4. The minimum Gasteiger partial charge on any atom is -0.506 e. The largest absolute Gasteiger partial charge is 0.506 e. The summed E-state index contributed by atoms with van der Waals surface area (Å²) in [7, 11) is 1.53. The molecule has 4 nitrogen and oxygen atoms in total. The van der Waals surface area contributed by atoms with Crippen LogP contribution < -0.4 is 5.63 Å². The second-order valence-electron chi connectivity index (χ2n) is 3.54. The van der Waals surface area contributed by atoms with Gasteiger partial charge in [-0.1, -0.05) is 11.6 Å². The SMILES string of the molecule is CN=Cc1c(O)c2cc(C)ccc2oc1=O. The fraction of sp³-hybridized carbons (Fsp3) is 0.167. The molecule has 0 atom stereocenters. The highest BCUT2D eigenvalue weighted by Crippen LogP contribution is 2.26. The van der Waals surface area contributed by atoms with Crippen LogP contribution in [0.4, 0.5) is 0 Å². The first-order chi connectivity index (χ1) is 7.63. The summed E-state index contributed by atoms with van der Waals surface area (Å²) in [4.78, 5) is 15.2. The Bertz CT molecular complexity index is 626. The average Bonchev–Trinajstić information content (AvgIpc) is 2.26. The zero-order valence-corrected chi connectivity index (χ0v) is 9.02. The predicted octanol–water partition coefficient (Wildman–Crippen LogP) is 1.86. The Hall–Kier alpha value is -2.10. The van der Waals surface area contributed by atoms with Gasteiger partial charge in [0.05, 0.1) is 5.39 Å². The van der Waals surface area contributed by atoms with Gasteiger partial charge in [-0.15, -0.1) is 0 Å². The highest BCUT2D eigenvalue weighted by molar-refractivity contribution is 5.93. The Kier molecular flexibility index (Phi) is 2.48. The van der Waals surface area contributed by atoms with E-state index in [4.69, 9.17) is 4.42 Å². The van der Waals surface area contributed by atoms with Crippen LogP contribution in [0.1, 0.15) is 11.1 Å². The lowest BCUT2D eigenvalue weighted by Gasteiger charge is -2.03. The number of benzene rings is 1. The molecule has 0 unspecified atom stereocenters. The highest BCUT2D eigenvalue weighted by Gasteiger charge is 2.11. The number of aryl methyl sites for hydroxylation is 1. The van der Waals surface area contributed by atoms with Crippen molar-refractivity contribution >= 4 is 17.2 Å². The van der Waals surface area contributed by atoms with Gasteiger partial charge in [-0.25, -0.2) is 4.79 Å². The molecule has 1 heterocycles. The fourth-order valence-electron chi connectivity index (χ4n) is 1.56. The molecule has 0 spiro atoms. The first kappa shape index (κ1) is 10.4. The van der Waals surface area contributed by atoms with Crippen molar-refractivity contribution in [3.8, 4) is 5.75 Å². The lowest BCUT2D eigenvalue weighted by atomic mass is 10.1. The summed E-state index contributed by atoms with van der Waals surface area (Å²) in [6.07, 6.45) is 1.29. The topological polar surface area (TPSA) is 62.8 Å². The molecular formula is C12H11NO3. The van der Waals surface area contributed by atoms with Crippen LogP contribution in [-0.4, -0.2) is 18.4 Å². The molecule has 1 N–H and O–H groups in total. The van der Waals surface area contributed by atoms with Crippen LogP contribution in [0.25, 0.3) is 11.0 Å². The number of aromatic hydroxyl groups is 1. The lowest BCUT2D eigenvalue weighted by molar-refractivity contribution is 0.466. The molecule has 0 saturated carbocycles. The van der Waals surface area contributed by atoms with Gasteiger partial charge in [-0.2, -0.15) is 0 Å². The molecule has 2 rings (SSSR count). The molecule has 4 heteroatoms. The third-order valence-electron chi connectivity index (χ3n) is 2.33. The van der Waals surface area contributed by atoms with Crippen molar-refractivity contribution < 1.29 is 9.52 Å². The quantitative estimate of drug-likeness (QED) is 0.585. The Morgan fingerprint density at radius 2 is 2.19 bits per heavy atom. The minimum atomic E-state index is -0.584. The van der Waals surface area contributed by atoms with Crippen molar-refractivity contribution in [1.29, 1.82) is 0 Å². The van der Waals surface area contributed by atoms with E-state index in [0.29, 0.717) is 11.0 Å². The summed E-state index contributed by atoms with van der Waals surface area (Å²) in [5.74, 6) is -0.0828. The normalized spacial score (nSPS) is 11.4. The van der Waals surface area contributed by atoms with Crippen LogP contribution in [0.15, 0.2) is 32.4 Å². The molecule has 2 aromatic rings. The molecule has 0 aliphatic rings. The van der Waals surface area contributed by atoms with Gasteiger partial charge in [0.25, 0.3) is 0 Å². The van der Waals surface area contributed by atoms with Gasteiger partial charge in [0, 0.05) is 13.3 Å². The molecular weight excluding hydrogens is 206 g/mol. The molecule has 0 saturated heterocycles. The zero-order chi connectivity index (χ0) is 11.7. The zero-order valence-electron chi connectivity index (χ0n) is 9.02. The standard InChI is InChI=1S/C12H11NO3/c1-7-3-4-10-8(5-7)11(14)9(6-13-2)12(15)16-10/h3-6,14H,1-2H3. The lowest BCUT2D eigenvalue weighted by Crippen LogP contribution is -2.07. The monoisotopic (exact) mass is 217 g/mol. The summed E-state index contributed by atoms with van der Waals surface area (Å²) in [6, 6.07) is 5.25. The van der Waals surface area contributed by atoms with E-state index in [9.17, 15) is 9.90 Å². The van der Waals surface area contributed by atoms with Crippen LogP contribution in [0.5, 0.6) is 5.75 Å². The Balaban J connectivity index is 2.90. The molecule has 0 aliphatic carbocycles. The van der Waals surface area contributed by atoms with Gasteiger partial charge in [0.2, 0.25) is 0 Å². The van der Waals surface area contributed by atoms with E-state index >= 15 is 0 Å². The van der Waals surface area contributed by atoms with Crippen molar-refractivity contribution in [2.24, 2.45) is 4.99 Å². The van der Waals surface area contributed by atoms with Crippen molar-refractivity contribution in [1.82, 2.24) is 0 Å². The number of nitrogens with zero attached hydrogens (tertiary/aromatic N) is 1. The van der Waals surface area contributed by atoms with Crippen molar-refractivity contribution in [3.63, 3.8) is 0 Å². The number of rotatable bonds is 1. The first-order valence-electron chi connectivity index (χ1n) is 4.82. The fourth-order valence-corrected chi connectivity index (χ4v) is 1.56. The number of hydrogen-bond donors (Lipinski definition) is 1. The summed E-state index contributed by atoms with van der Waals surface area (Å²) in [5.41, 5.74) is 0.859. The van der Waals surface area contributed by atoms with E-state index in [-0.39, 0.29) is 11.3 Å². The van der Waals surface area contributed by atoms with Gasteiger partial charge in [-0.3, -0.25) is 4.99 Å². The van der Waals surface area contributed by atoms with E-state index in [1.807, 2.05) is 13.0 Å². The van der Waals surface area contributed by atoms with Crippen LogP contribution in [0, 0.1) is 6.92 Å². The molecule has 0 bridgehead atoms. The summed E-state index contributed by atoms with van der Waals surface area (Å²) in [6.45, 7) is 1.90. The van der Waals surface area contributed by atoms with E-state index in [2.05, 4.69) is 4.99 Å². The number of aliphatic imine (C=N–C) groups is 1. The van der Waals surface area contributed by atoms with Gasteiger partial charge in [0.15, 0.2) is 0 Å². The van der Waals surface area contributed by atoms with E-state index in [1.165, 1.54) is 13.3 Å². The van der Waals surface area contributed by atoms with Crippen molar-refractivity contribution in [3.05, 3.63) is 39.7 Å². The molecule has 0 radical (unpaired) electrons. The van der Waals surface area contributed by atoms with E-state index in [1.54, 1.807) is 12.1 Å². The molecule has 1 aromatic heterocycles. The second kappa shape index (κ2) is 3.81. The smallest absolute Gasteiger partial charge is 0.348 e. The van der Waals surface area contributed by atoms with Gasteiger partial charge >= 0.3 is 5.63 Å². The maximum atomic E-state index is 11.5. The van der Waals surface area contributed by atoms with Crippen LogP contribution >= 0.6 is 0 Å². The van der Waals surface area contributed by atoms with Gasteiger partial charge < -0.3 is 9.52 Å². The Morgan fingerprint density at radius 1 is 1.44 bits per heavy atom. The minimum absolute atomic E-state index is 0.0828. The molecule has 0 aliphatic heterocycles. The highest BCUT2D eigenvalue weighted by atomic mass is 16.4. The predicted molar refractivity (Wildman–Crippen MR) is 62.4 cm³/mol. The maximum Gasteiger partial charge on any atom is 0.348 e. The summed E-state index contributed by atoms with van der Waals surface area (Å²) < 4.78 is 5.07. The molecule has 16 heavy (non-hydrogen) atoms. The summed E-state index contributed by atoms with van der Waals surface area (Å²) in [5, 5.41) is 10.5. The first-order valence-corrected chi connectivity index (χ1v) is 4.82. The average molecular weight is 217 g/mol. The molecule has 0 fully saturated rings.